The average molecular weight is 422 g/mol. The lowest BCUT2D eigenvalue weighted by atomic mass is 10.1. The number of nitrogens with one attached hydrogen (secondary N) is 1. The van der Waals surface area contributed by atoms with Crippen LogP contribution in [0.3, 0.4) is 0 Å². The molecule has 0 aliphatic carbocycles. The summed E-state index contributed by atoms with van der Waals surface area (Å²) in [6, 6.07) is 9.88. The number of hydrogen-bond acceptors (Lipinski definition) is 7. The highest BCUT2D eigenvalue weighted by atomic mass is 32.2. The fraction of sp³-hybridized carbons (Fsp3) is 0.381. The molecule has 0 saturated carbocycles. The van der Waals surface area contributed by atoms with Crippen LogP contribution in [0, 0.1) is 11.3 Å². The van der Waals surface area contributed by atoms with Crippen molar-refractivity contribution in [3.8, 4) is 6.07 Å². The topological polar surface area (TPSA) is 102 Å². The lowest BCUT2D eigenvalue weighted by molar-refractivity contribution is -0.130. The minimum absolute atomic E-state index is 0.192. The van der Waals surface area contributed by atoms with Gasteiger partial charge < -0.3 is 9.88 Å². The van der Waals surface area contributed by atoms with Crippen molar-refractivity contribution in [3.05, 3.63) is 48.0 Å². The molecule has 4 rings (SSSR count). The lowest BCUT2D eigenvalue weighted by Gasteiger charge is -2.22. The van der Waals surface area contributed by atoms with Crippen molar-refractivity contribution in [3.63, 3.8) is 0 Å². The van der Waals surface area contributed by atoms with Crippen molar-refractivity contribution in [2.45, 2.75) is 24.4 Å². The zero-order valence-corrected chi connectivity index (χ0v) is 17.4. The Balaban J connectivity index is 1.25. The van der Waals surface area contributed by atoms with Crippen LogP contribution in [0.2, 0.25) is 0 Å². The maximum Gasteiger partial charge on any atom is 0.223 e. The Morgan fingerprint density at radius 2 is 2.00 bits per heavy atom. The molecule has 1 N–H and O–H groups in total. The van der Waals surface area contributed by atoms with E-state index in [0.29, 0.717) is 23.4 Å². The molecule has 0 spiro atoms. The van der Waals surface area contributed by atoms with Gasteiger partial charge in [0, 0.05) is 44.9 Å². The zero-order chi connectivity index (χ0) is 20.8. The van der Waals surface area contributed by atoms with Crippen LogP contribution in [0.15, 0.2) is 41.9 Å². The number of amides is 1. The van der Waals surface area contributed by atoms with Gasteiger partial charge in [-0.1, -0.05) is 12.1 Å². The third kappa shape index (κ3) is 4.96. The summed E-state index contributed by atoms with van der Waals surface area (Å²) < 4.78 is 0. The number of carbonyl (C=O) groups excluding carboxylic acids is 1. The van der Waals surface area contributed by atoms with Gasteiger partial charge in [0.15, 0.2) is 5.65 Å². The molecule has 0 unspecified atom stereocenters. The number of nitriles is 1. The van der Waals surface area contributed by atoms with Crippen LogP contribution in [0.1, 0.15) is 24.0 Å². The van der Waals surface area contributed by atoms with Crippen LogP contribution >= 0.6 is 11.8 Å². The summed E-state index contributed by atoms with van der Waals surface area (Å²) in [5.74, 6) is 0.868. The molecule has 3 aromatic rings. The first-order valence-corrected chi connectivity index (χ1v) is 11.0. The van der Waals surface area contributed by atoms with Crippen molar-refractivity contribution >= 4 is 28.8 Å². The van der Waals surface area contributed by atoms with Gasteiger partial charge >= 0.3 is 0 Å². The molecule has 2 aromatic heterocycles. The maximum atomic E-state index is 12.7. The lowest BCUT2D eigenvalue weighted by Crippen LogP contribution is -2.35. The molecule has 1 aliphatic heterocycles. The summed E-state index contributed by atoms with van der Waals surface area (Å²) in [5, 5.41) is 9.75. The molecule has 1 aliphatic rings. The standard InChI is InChI=1S/C21H23N7OS/c22-12-16-2-4-17(5-3-16)13-27-7-1-8-28(10-9-27)18(29)6-11-30-21-19-20(24-14-23-19)25-15-26-21/h2-5,14-15H,1,6-11,13H2,(H,23,24,25,26). The van der Waals surface area contributed by atoms with E-state index in [1.54, 1.807) is 18.1 Å². The van der Waals surface area contributed by atoms with Gasteiger partial charge in [-0.3, -0.25) is 9.69 Å². The monoisotopic (exact) mass is 421 g/mol. The van der Waals surface area contributed by atoms with E-state index in [0.717, 1.165) is 49.7 Å². The molecule has 30 heavy (non-hydrogen) atoms. The second-order valence-corrected chi connectivity index (χ2v) is 8.28. The quantitative estimate of drug-likeness (QED) is 0.482. The van der Waals surface area contributed by atoms with Gasteiger partial charge in [0.25, 0.3) is 0 Å². The van der Waals surface area contributed by atoms with Crippen molar-refractivity contribution in [1.82, 2.24) is 29.7 Å². The van der Waals surface area contributed by atoms with Crippen molar-refractivity contribution < 1.29 is 4.79 Å². The van der Waals surface area contributed by atoms with Gasteiger partial charge in [-0.25, -0.2) is 15.0 Å². The minimum Gasteiger partial charge on any atom is -0.341 e. The van der Waals surface area contributed by atoms with Crippen molar-refractivity contribution in [1.29, 1.82) is 5.26 Å². The minimum atomic E-state index is 0.192. The molecule has 0 atom stereocenters. The van der Waals surface area contributed by atoms with E-state index in [4.69, 9.17) is 5.26 Å². The molecule has 1 amide bonds. The molecule has 154 valence electrons. The molecule has 1 fully saturated rings. The summed E-state index contributed by atoms with van der Waals surface area (Å²) in [6.45, 7) is 4.22. The summed E-state index contributed by atoms with van der Waals surface area (Å²) >= 11 is 1.55. The van der Waals surface area contributed by atoms with E-state index in [1.807, 2.05) is 29.2 Å². The molecule has 0 radical (unpaired) electrons. The SMILES string of the molecule is N#Cc1ccc(CN2CCCN(C(=O)CCSc3ncnc4nc[nH]c34)CC2)cc1. The van der Waals surface area contributed by atoms with E-state index in [-0.39, 0.29) is 5.91 Å². The number of aromatic amines is 1. The molecule has 0 bridgehead atoms. The Hall–Kier alpha value is -2.96. The van der Waals surface area contributed by atoms with Crippen molar-refractivity contribution in [2.24, 2.45) is 0 Å². The Morgan fingerprint density at radius 1 is 1.13 bits per heavy atom. The fourth-order valence-corrected chi connectivity index (χ4v) is 4.45. The molecule has 1 aromatic carbocycles. The first-order chi connectivity index (χ1) is 14.7. The third-order valence-electron chi connectivity index (χ3n) is 5.17. The summed E-state index contributed by atoms with van der Waals surface area (Å²) in [4.78, 5) is 32.7. The molecule has 8 nitrogen and oxygen atoms in total. The predicted octanol–water partition coefficient (Wildman–Crippen LogP) is 2.44. The van der Waals surface area contributed by atoms with Crippen LogP contribution < -0.4 is 0 Å². The number of aromatic nitrogens is 4. The van der Waals surface area contributed by atoms with Gasteiger partial charge in [-0.15, -0.1) is 11.8 Å². The maximum absolute atomic E-state index is 12.7. The number of hydrogen-bond donors (Lipinski definition) is 1. The van der Waals surface area contributed by atoms with Crippen molar-refractivity contribution in [2.75, 3.05) is 31.9 Å². The number of nitrogens with zero attached hydrogens (tertiary/aromatic N) is 6. The third-order valence-corrected chi connectivity index (χ3v) is 6.16. The smallest absolute Gasteiger partial charge is 0.223 e. The van der Waals surface area contributed by atoms with Crippen LogP contribution in [-0.4, -0.2) is 67.6 Å². The van der Waals surface area contributed by atoms with Crippen LogP contribution in [0.25, 0.3) is 11.2 Å². The van der Waals surface area contributed by atoms with E-state index < -0.39 is 0 Å². The number of imidazole rings is 1. The first kappa shape index (κ1) is 20.3. The summed E-state index contributed by atoms with van der Waals surface area (Å²) in [7, 11) is 0. The fourth-order valence-electron chi connectivity index (χ4n) is 3.57. The van der Waals surface area contributed by atoms with Gasteiger partial charge in [-0.05, 0) is 24.1 Å². The Morgan fingerprint density at radius 3 is 2.83 bits per heavy atom. The van der Waals surface area contributed by atoms with E-state index >= 15 is 0 Å². The first-order valence-electron chi connectivity index (χ1n) is 9.99. The molecular weight excluding hydrogens is 398 g/mol. The highest BCUT2D eigenvalue weighted by Gasteiger charge is 2.19. The second-order valence-electron chi connectivity index (χ2n) is 7.20. The largest absolute Gasteiger partial charge is 0.341 e. The molecule has 3 heterocycles. The van der Waals surface area contributed by atoms with Gasteiger partial charge in [0.2, 0.25) is 5.91 Å². The van der Waals surface area contributed by atoms with Crippen LogP contribution in [0.5, 0.6) is 0 Å². The molecule has 9 heteroatoms. The number of fused-ring (bicyclic) bond motifs is 1. The Bertz CT molecular complexity index is 1040. The van der Waals surface area contributed by atoms with Crippen LogP contribution in [0.4, 0.5) is 0 Å². The van der Waals surface area contributed by atoms with Crippen LogP contribution in [-0.2, 0) is 11.3 Å². The zero-order valence-electron chi connectivity index (χ0n) is 16.6. The second kappa shape index (κ2) is 9.69. The van der Waals surface area contributed by atoms with E-state index in [2.05, 4.69) is 30.9 Å². The highest BCUT2D eigenvalue weighted by Crippen LogP contribution is 2.22. The number of H-pyrrole nitrogens is 1. The molecule has 1 saturated heterocycles. The van der Waals surface area contributed by atoms with E-state index in [1.165, 1.54) is 11.9 Å². The molecular formula is C21H23N7OS. The summed E-state index contributed by atoms with van der Waals surface area (Å²) in [5.41, 5.74) is 3.34. The highest BCUT2D eigenvalue weighted by molar-refractivity contribution is 7.99. The van der Waals surface area contributed by atoms with Gasteiger partial charge in [-0.2, -0.15) is 5.26 Å². The summed E-state index contributed by atoms with van der Waals surface area (Å²) in [6.07, 6.45) is 4.57. The number of benzene rings is 1. The normalized spacial score (nSPS) is 15.1. The van der Waals surface area contributed by atoms with E-state index in [9.17, 15) is 4.79 Å². The van der Waals surface area contributed by atoms with Gasteiger partial charge in [0.05, 0.1) is 18.0 Å². The predicted molar refractivity (Wildman–Crippen MR) is 115 cm³/mol. The Kier molecular flexibility index (Phi) is 6.57. The van der Waals surface area contributed by atoms with Gasteiger partial charge in [0.1, 0.15) is 16.9 Å². The average Bonchev–Trinajstić information content (AvgIpc) is 3.14. The number of rotatable bonds is 6. The number of carbonyl (C=O) groups is 1. The number of thioether (sulfide) groups is 1. The Labute approximate surface area is 179 Å².